The van der Waals surface area contributed by atoms with Crippen molar-refractivity contribution in [2.75, 3.05) is 23.7 Å². The molecule has 1 aromatic rings. The zero-order valence-corrected chi connectivity index (χ0v) is 10.3. The number of hydrogen-bond donors (Lipinski definition) is 2. The molecular formula is C12H15N3OS. The molecule has 4 nitrogen and oxygen atoms in total. The lowest BCUT2D eigenvalue weighted by Gasteiger charge is -2.41. The number of nitrogens with one attached hydrogen (secondary N) is 1. The highest BCUT2D eigenvalue weighted by atomic mass is 32.2. The van der Waals surface area contributed by atoms with Crippen LogP contribution >= 0.6 is 11.8 Å². The number of carbonyl (C=O) groups is 1. The first-order chi connectivity index (χ1) is 8.29. The zero-order chi connectivity index (χ0) is 11.8. The van der Waals surface area contributed by atoms with Gasteiger partial charge >= 0.3 is 0 Å². The Morgan fingerprint density at radius 2 is 2.29 bits per heavy atom. The van der Waals surface area contributed by atoms with Gasteiger partial charge in [0, 0.05) is 24.5 Å². The summed E-state index contributed by atoms with van der Waals surface area (Å²) in [5.74, 6) is 0.758. The van der Waals surface area contributed by atoms with Crippen molar-refractivity contribution in [3.63, 3.8) is 0 Å². The third-order valence-electron chi connectivity index (χ3n) is 3.26. The van der Waals surface area contributed by atoms with Gasteiger partial charge in [0.05, 0.1) is 17.5 Å². The van der Waals surface area contributed by atoms with E-state index in [0.29, 0.717) is 18.3 Å². The van der Waals surface area contributed by atoms with Gasteiger partial charge in [0.2, 0.25) is 5.91 Å². The number of nitrogens with two attached hydrogens (primary N) is 1. The summed E-state index contributed by atoms with van der Waals surface area (Å²) in [6.07, 6.45) is 0. The molecule has 0 radical (unpaired) electrons. The number of nitrogens with zero attached hydrogens (tertiary/aromatic N) is 1. The van der Waals surface area contributed by atoms with E-state index >= 15 is 0 Å². The number of rotatable bonds is 2. The van der Waals surface area contributed by atoms with Crippen LogP contribution in [0.25, 0.3) is 0 Å². The molecule has 0 spiro atoms. The molecule has 0 aromatic heterocycles. The third kappa shape index (κ3) is 1.84. The van der Waals surface area contributed by atoms with Crippen LogP contribution in [0.2, 0.25) is 0 Å². The summed E-state index contributed by atoms with van der Waals surface area (Å²) >= 11 is 1.62. The maximum absolute atomic E-state index is 12.0. The van der Waals surface area contributed by atoms with E-state index in [4.69, 9.17) is 5.73 Å². The Hall–Kier alpha value is -1.04. The highest BCUT2D eigenvalue weighted by Gasteiger charge is 2.33. The van der Waals surface area contributed by atoms with Crippen LogP contribution in [0.5, 0.6) is 0 Å². The maximum Gasteiger partial charge on any atom is 0.237 e. The van der Waals surface area contributed by atoms with Crippen LogP contribution in [0.15, 0.2) is 23.1 Å². The Labute approximate surface area is 105 Å². The molecule has 0 saturated carbocycles. The summed E-state index contributed by atoms with van der Waals surface area (Å²) < 4.78 is 0. The van der Waals surface area contributed by atoms with Crippen molar-refractivity contribution in [1.29, 1.82) is 0 Å². The first-order valence-electron chi connectivity index (χ1n) is 5.78. The van der Waals surface area contributed by atoms with Crippen LogP contribution in [0.3, 0.4) is 0 Å². The Morgan fingerprint density at radius 3 is 2.94 bits per heavy atom. The summed E-state index contributed by atoms with van der Waals surface area (Å²) in [6, 6.07) is 6.49. The number of anilines is 1. The van der Waals surface area contributed by atoms with Crippen LogP contribution in [0.1, 0.15) is 5.56 Å². The minimum atomic E-state index is 0.211. The third-order valence-corrected chi connectivity index (χ3v) is 4.31. The van der Waals surface area contributed by atoms with Gasteiger partial charge in [0.25, 0.3) is 0 Å². The Kier molecular flexibility index (Phi) is 2.82. The first-order valence-corrected chi connectivity index (χ1v) is 6.76. The summed E-state index contributed by atoms with van der Waals surface area (Å²) in [5, 5.41) is 3.21. The van der Waals surface area contributed by atoms with Crippen molar-refractivity contribution < 1.29 is 4.79 Å². The molecule has 0 aliphatic carbocycles. The van der Waals surface area contributed by atoms with Crippen LogP contribution in [-0.4, -0.2) is 30.8 Å². The molecule has 2 aliphatic heterocycles. The topological polar surface area (TPSA) is 58.4 Å². The van der Waals surface area contributed by atoms with Gasteiger partial charge in [0.1, 0.15) is 0 Å². The van der Waals surface area contributed by atoms with E-state index in [1.807, 2.05) is 11.0 Å². The maximum atomic E-state index is 12.0. The molecule has 1 saturated heterocycles. The smallest absolute Gasteiger partial charge is 0.237 e. The van der Waals surface area contributed by atoms with Crippen LogP contribution in [0, 0.1) is 0 Å². The molecule has 0 atom stereocenters. The fourth-order valence-corrected chi connectivity index (χ4v) is 3.09. The van der Waals surface area contributed by atoms with E-state index in [0.717, 1.165) is 24.3 Å². The van der Waals surface area contributed by atoms with Gasteiger partial charge in [-0.25, -0.2) is 0 Å². The SMILES string of the molecule is NCc1ccc2c(c1)N(C1CNC1)C(=O)CS2. The normalized spacial score (nSPS) is 20.1. The molecule has 2 aliphatic rings. The van der Waals surface area contributed by atoms with Gasteiger partial charge in [-0.05, 0) is 17.7 Å². The summed E-state index contributed by atoms with van der Waals surface area (Å²) in [5.41, 5.74) is 7.79. The number of hydrogen-bond acceptors (Lipinski definition) is 4. The highest BCUT2D eigenvalue weighted by Crippen LogP contribution is 2.37. The first kappa shape index (κ1) is 11.1. The average Bonchev–Trinajstić information content (AvgIpc) is 2.30. The number of benzene rings is 1. The Balaban J connectivity index is 2.01. The second kappa shape index (κ2) is 4.33. The minimum Gasteiger partial charge on any atom is -0.326 e. The molecule has 1 fully saturated rings. The monoisotopic (exact) mass is 249 g/mol. The van der Waals surface area contributed by atoms with Crippen molar-refractivity contribution in [3.8, 4) is 0 Å². The second-order valence-corrected chi connectivity index (χ2v) is 5.39. The quantitative estimate of drug-likeness (QED) is 0.804. The molecule has 17 heavy (non-hydrogen) atoms. The largest absolute Gasteiger partial charge is 0.326 e. The number of thioether (sulfide) groups is 1. The fraction of sp³-hybridized carbons (Fsp3) is 0.417. The zero-order valence-electron chi connectivity index (χ0n) is 9.48. The van der Waals surface area contributed by atoms with Crippen molar-refractivity contribution in [3.05, 3.63) is 23.8 Å². The van der Waals surface area contributed by atoms with Gasteiger partial charge in [0.15, 0.2) is 0 Å². The molecule has 5 heteroatoms. The predicted molar refractivity (Wildman–Crippen MR) is 69.2 cm³/mol. The van der Waals surface area contributed by atoms with Gasteiger partial charge < -0.3 is 16.0 Å². The van der Waals surface area contributed by atoms with Crippen LogP contribution < -0.4 is 16.0 Å². The van der Waals surface area contributed by atoms with E-state index < -0.39 is 0 Å². The van der Waals surface area contributed by atoms with Gasteiger partial charge in [-0.15, -0.1) is 11.8 Å². The van der Waals surface area contributed by atoms with E-state index in [2.05, 4.69) is 17.4 Å². The van der Waals surface area contributed by atoms with Gasteiger partial charge in [-0.3, -0.25) is 4.79 Å². The van der Waals surface area contributed by atoms with E-state index in [1.54, 1.807) is 11.8 Å². The predicted octanol–water partition coefficient (Wildman–Crippen LogP) is 0.556. The Bertz CT molecular complexity index is 459. The van der Waals surface area contributed by atoms with Crippen LogP contribution in [-0.2, 0) is 11.3 Å². The van der Waals surface area contributed by atoms with Gasteiger partial charge in [-0.2, -0.15) is 0 Å². The lowest BCUT2D eigenvalue weighted by atomic mass is 10.1. The summed E-state index contributed by atoms with van der Waals surface area (Å²) in [4.78, 5) is 15.2. The van der Waals surface area contributed by atoms with E-state index in [9.17, 15) is 4.79 Å². The van der Waals surface area contributed by atoms with Crippen LogP contribution in [0.4, 0.5) is 5.69 Å². The van der Waals surface area contributed by atoms with Crippen molar-refractivity contribution in [2.24, 2.45) is 5.73 Å². The number of amides is 1. The lowest BCUT2D eigenvalue weighted by molar-refractivity contribution is -0.117. The minimum absolute atomic E-state index is 0.211. The molecule has 1 aromatic carbocycles. The van der Waals surface area contributed by atoms with Crippen molar-refractivity contribution >= 4 is 23.4 Å². The van der Waals surface area contributed by atoms with Gasteiger partial charge in [-0.1, -0.05) is 6.07 Å². The molecule has 3 rings (SSSR count). The number of carbonyl (C=O) groups excluding carboxylic acids is 1. The lowest BCUT2D eigenvalue weighted by Crippen LogP contribution is -2.60. The standard InChI is InChI=1S/C12H15N3OS/c13-4-8-1-2-11-10(3-8)15(9-5-14-6-9)12(16)7-17-11/h1-3,9,14H,4-7,13H2. The van der Waals surface area contributed by atoms with E-state index in [1.165, 1.54) is 4.90 Å². The molecule has 1 amide bonds. The molecule has 0 unspecified atom stereocenters. The van der Waals surface area contributed by atoms with E-state index in [-0.39, 0.29) is 5.91 Å². The highest BCUT2D eigenvalue weighted by molar-refractivity contribution is 8.00. The number of fused-ring (bicyclic) bond motifs is 1. The molecular weight excluding hydrogens is 234 g/mol. The average molecular weight is 249 g/mol. The van der Waals surface area contributed by atoms with Crippen molar-refractivity contribution in [1.82, 2.24) is 5.32 Å². The summed E-state index contributed by atoms with van der Waals surface area (Å²) in [7, 11) is 0. The fourth-order valence-electron chi connectivity index (χ4n) is 2.20. The molecule has 90 valence electrons. The second-order valence-electron chi connectivity index (χ2n) is 4.37. The Morgan fingerprint density at radius 1 is 1.47 bits per heavy atom. The molecule has 0 bridgehead atoms. The summed E-state index contributed by atoms with van der Waals surface area (Å²) in [6.45, 7) is 2.30. The molecule has 3 N–H and O–H groups in total. The molecule has 2 heterocycles. The van der Waals surface area contributed by atoms with Crippen molar-refractivity contribution in [2.45, 2.75) is 17.5 Å².